The number of hydrogen-bond acceptors (Lipinski definition) is 5. The highest BCUT2D eigenvalue weighted by Crippen LogP contribution is 2.34. The van der Waals surface area contributed by atoms with Crippen LogP contribution in [0.15, 0.2) is 42.5 Å². The molecule has 0 saturated carbocycles. The van der Waals surface area contributed by atoms with Crippen molar-refractivity contribution in [3.8, 4) is 17.3 Å². The number of carbonyl (C=O) groups excluding carboxylic acids is 1. The number of methoxy groups -OCH3 is 1. The van der Waals surface area contributed by atoms with E-state index in [4.69, 9.17) is 20.2 Å². The number of fused-ring (bicyclic) bond motifs is 2. The highest BCUT2D eigenvalue weighted by Gasteiger charge is 2.25. The lowest BCUT2D eigenvalue weighted by molar-refractivity contribution is 0.0708. The van der Waals surface area contributed by atoms with Gasteiger partial charge >= 0.3 is 0 Å². The number of carbonyl (C=O) groups is 1. The molecule has 2 N–H and O–H groups in total. The maximum Gasteiger partial charge on any atom is 0.254 e. The Balaban J connectivity index is 1.63. The molecule has 1 saturated heterocycles. The summed E-state index contributed by atoms with van der Waals surface area (Å²) in [7, 11) is 3.64. The molecule has 1 aliphatic rings. The van der Waals surface area contributed by atoms with Gasteiger partial charge in [0.15, 0.2) is 5.82 Å². The summed E-state index contributed by atoms with van der Waals surface area (Å²) < 4.78 is 15.6. The van der Waals surface area contributed by atoms with Gasteiger partial charge in [-0.25, -0.2) is 4.98 Å². The molecule has 1 atom stereocenters. The van der Waals surface area contributed by atoms with Crippen LogP contribution in [0.1, 0.15) is 30.1 Å². The van der Waals surface area contributed by atoms with Gasteiger partial charge in [0.2, 0.25) is 0 Å². The molecule has 35 heavy (non-hydrogen) atoms. The zero-order chi connectivity index (χ0) is 24.5. The van der Waals surface area contributed by atoms with Gasteiger partial charge in [-0.05, 0) is 44.0 Å². The van der Waals surface area contributed by atoms with Gasteiger partial charge in [-0.1, -0.05) is 18.2 Å². The van der Waals surface area contributed by atoms with Crippen LogP contribution < -0.4 is 10.5 Å². The predicted molar refractivity (Wildman–Crippen MR) is 138 cm³/mol. The van der Waals surface area contributed by atoms with Gasteiger partial charge in [-0.3, -0.25) is 4.79 Å². The topological polar surface area (TPSA) is 87.5 Å². The number of amides is 1. The highest BCUT2D eigenvalue weighted by molar-refractivity contribution is 6.00. The van der Waals surface area contributed by atoms with Crippen molar-refractivity contribution in [3.05, 3.63) is 48.0 Å². The van der Waals surface area contributed by atoms with Crippen molar-refractivity contribution < 1.29 is 14.3 Å². The number of aromatic nitrogens is 3. The van der Waals surface area contributed by atoms with E-state index in [0.29, 0.717) is 37.6 Å². The van der Waals surface area contributed by atoms with Crippen molar-refractivity contribution in [3.63, 3.8) is 0 Å². The van der Waals surface area contributed by atoms with Crippen molar-refractivity contribution in [1.29, 1.82) is 0 Å². The summed E-state index contributed by atoms with van der Waals surface area (Å²) in [6, 6.07) is 14.3. The molecule has 5 rings (SSSR count). The average molecular weight is 476 g/mol. The quantitative estimate of drug-likeness (QED) is 0.411. The number of hydrogen-bond donors (Lipinski definition) is 1. The number of imidazole rings is 1. The molecule has 0 spiro atoms. The summed E-state index contributed by atoms with van der Waals surface area (Å²) in [5.74, 6) is 1.43. The molecule has 184 valence electrons. The Morgan fingerprint density at radius 1 is 1.20 bits per heavy atom. The summed E-state index contributed by atoms with van der Waals surface area (Å²) in [5.41, 5.74) is 10.5. The number of ether oxygens (including phenoxy) is 2. The van der Waals surface area contributed by atoms with E-state index in [9.17, 15) is 4.79 Å². The SMILES string of the molecule is CCn1c(-c2nc3cc(C(=O)N4CCCC(N)C4)cc(OCCOC)c3n2C)cc2ccccc21. The fourth-order valence-electron chi connectivity index (χ4n) is 5.12. The maximum absolute atomic E-state index is 13.4. The Kier molecular flexibility index (Phi) is 6.49. The lowest BCUT2D eigenvalue weighted by Gasteiger charge is -2.30. The van der Waals surface area contributed by atoms with Gasteiger partial charge in [-0.2, -0.15) is 0 Å². The standard InChI is InChI=1S/C27H33N5O3/c1-4-32-22-10-6-5-8-18(22)15-23(32)26-29-21-14-19(27(33)31-11-7-9-20(28)17-31)16-24(25(21)30(26)2)35-13-12-34-3/h5-6,8,10,14-16,20H,4,7,9,11-13,17,28H2,1-3H3. The Morgan fingerprint density at radius 2 is 2.03 bits per heavy atom. The maximum atomic E-state index is 13.4. The van der Waals surface area contributed by atoms with E-state index in [-0.39, 0.29) is 11.9 Å². The van der Waals surface area contributed by atoms with Crippen LogP contribution >= 0.6 is 0 Å². The van der Waals surface area contributed by atoms with E-state index < -0.39 is 0 Å². The van der Waals surface area contributed by atoms with Crippen molar-refractivity contribution >= 4 is 27.8 Å². The van der Waals surface area contributed by atoms with E-state index in [2.05, 4.69) is 40.3 Å². The number of likely N-dealkylation sites (tertiary alicyclic amines) is 1. The summed E-state index contributed by atoms with van der Waals surface area (Å²) >= 11 is 0. The Morgan fingerprint density at radius 3 is 2.80 bits per heavy atom. The van der Waals surface area contributed by atoms with Gasteiger partial charge in [0, 0.05) is 56.3 Å². The first-order valence-corrected chi connectivity index (χ1v) is 12.3. The summed E-state index contributed by atoms with van der Waals surface area (Å²) in [6.07, 6.45) is 1.87. The van der Waals surface area contributed by atoms with Crippen LogP contribution in [-0.4, -0.2) is 64.4 Å². The minimum absolute atomic E-state index is 0.0197. The fraction of sp³-hybridized carbons (Fsp3) is 0.407. The van der Waals surface area contributed by atoms with Crippen molar-refractivity contribution in [2.45, 2.75) is 32.4 Å². The zero-order valence-corrected chi connectivity index (χ0v) is 20.7. The van der Waals surface area contributed by atoms with E-state index >= 15 is 0 Å². The average Bonchev–Trinajstić information content (AvgIpc) is 3.40. The molecule has 1 fully saturated rings. The molecule has 8 nitrogen and oxygen atoms in total. The number of para-hydroxylation sites is 1. The lowest BCUT2D eigenvalue weighted by Crippen LogP contribution is -2.45. The number of rotatable bonds is 7. The second kappa shape index (κ2) is 9.71. The first kappa shape index (κ1) is 23.4. The molecule has 1 aliphatic heterocycles. The van der Waals surface area contributed by atoms with E-state index in [0.717, 1.165) is 41.9 Å². The highest BCUT2D eigenvalue weighted by atomic mass is 16.5. The van der Waals surface area contributed by atoms with E-state index in [1.54, 1.807) is 7.11 Å². The molecule has 3 heterocycles. The van der Waals surface area contributed by atoms with Gasteiger partial charge < -0.3 is 29.2 Å². The van der Waals surface area contributed by atoms with E-state index in [1.807, 2.05) is 30.1 Å². The first-order chi connectivity index (χ1) is 17.0. The summed E-state index contributed by atoms with van der Waals surface area (Å²) in [6.45, 7) is 5.08. The minimum Gasteiger partial charge on any atom is -0.489 e. The third-order valence-electron chi connectivity index (χ3n) is 6.83. The first-order valence-electron chi connectivity index (χ1n) is 12.3. The van der Waals surface area contributed by atoms with Gasteiger partial charge in [0.05, 0.1) is 17.8 Å². The van der Waals surface area contributed by atoms with Gasteiger partial charge in [0.25, 0.3) is 5.91 Å². The van der Waals surface area contributed by atoms with Crippen LogP contribution in [0.25, 0.3) is 33.5 Å². The molecule has 0 aliphatic carbocycles. The Labute approximate surface area is 205 Å². The minimum atomic E-state index is -0.0338. The Bertz CT molecular complexity index is 1370. The van der Waals surface area contributed by atoms with Crippen LogP contribution in [0.2, 0.25) is 0 Å². The molecule has 2 aromatic heterocycles. The second-order valence-electron chi connectivity index (χ2n) is 9.16. The van der Waals surface area contributed by atoms with Crippen molar-refractivity contribution in [2.75, 3.05) is 33.4 Å². The third-order valence-corrected chi connectivity index (χ3v) is 6.83. The van der Waals surface area contributed by atoms with Crippen LogP contribution in [0.3, 0.4) is 0 Å². The normalized spacial score (nSPS) is 16.3. The second-order valence-corrected chi connectivity index (χ2v) is 9.16. The third kappa shape index (κ3) is 4.28. The molecule has 2 aromatic carbocycles. The summed E-state index contributed by atoms with van der Waals surface area (Å²) in [5, 5.41) is 1.17. The Hall–Kier alpha value is -3.36. The molecule has 8 heteroatoms. The number of aryl methyl sites for hydroxylation is 2. The fourth-order valence-corrected chi connectivity index (χ4v) is 5.12. The van der Waals surface area contributed by atoms with Crippen LogP contribution in [-0.2, 0) is 18.3 Å². The van der Waals surface area contributed by atoms with Crippen LogP contribution in [0.4, 0.5) is 0 Å². The molecular weight excluding hydrogens is 442 g/mol. The molecule has 1 amide bonds. The van der Waals surface area contributed by atoms with Crippen LogP contribution in [0, 0.1) is 0 Å². The largest absolute Gasteiger partial charge is 0.489 e. The smallest absolute Gasteiger partial charge is 0.254 e. The van der Waals surface area contributed by atoms with E-state index in [1.165, 1.54) is 10.9 Å². The predicted octanol–water partition coefficient (Wildman–Crippen LogP) is 3.80. The van der Waals surface area contributed by atoms with Gasteiger partial charge in [0.1, 0.15) is 17.9 Å². The zero-order valence-electron chi connectivity index (χ0n) is 20.7. The van der Waals surface area contributed by atoms with Crippen LogP contribution in [0.5, 0.6) is 5.75 Å². The molecule has 1 unspecified atom stereocenters. The molecular formula is C27H33N5O3. The summed E-state index contributed by atoms with van der Waals surface area (Å²) in [4.78, 5) is 20.3. The molecule has 0 radical (unpaired) electrons. The van der Waals surface area contributed by atoms with Crippen molar-refractivity contribution in [2.24, 2.45) is 12.8 Å². The van der Waals surface area contributed by atoms with Crippen molar-refractivity contribution in [1.82, 2.24) is 19.0 Å². The van der Waals surface area contributed by atoms with Gasteiger partial charge in [-0.15, -0.1) is 0 Å². The number of nitrogens with zero attached hydrogens (tertiary/aromatic N) is 4. The number of nitrogens with two attached hydrogens (primary N) is 1. The lowest BCUT2D eigenvalue weighted by atomic mass is 10.0. The number of benzene rings is 2. The number of piperidine rings is 1. The molecule has 0 bridgehead atoms. The molecule has 4 aromatic rings. The monoisotopic (exact) mass is 475 g/mol.